The highest BCUT2D eigenvalue weighted by atomic mass is 32.2. The van der Waals surface area contributed by atoms with Crippen molar-refractivity contribution in [1.29, 1.82) is 5.26 Å². The summed E-state index contributed by atoms with van der Waals surface area (Å²) in [5.41, 5.74) is 2.94. The van der Waals surface area contributed by atoms with Gasteiger partial charge in [0.2, 0.25) is 9.84 Å². The van der Waals surface area contributed by atoms with Crippen LogP contribution in [0.3, 0.4) is 0 Å². The number of nitriles is 1. The molecular weight excluding hydrogens is 412 g/mol. The summed E-state index contributed by atoms with van der Waals surface area (Å²) in [6, 6.07) is 20.6. The van der Waals surface area contributed by atoms with E-state index in [9.17, 15) is 27.3 Å². The minimum atomic E-state index is -4.71. The van der Waals surface area contributed by atoms with Crippen LogP contribution in [0.25, 0.3) is 11.1 Å². The average Bonchev–Trinajstić information content (AvgIpc) is 2.77. The molecule has 0 bridgehead atoms. The van der Waals surface area contributed by atoms with Gasteiger partial charge < -0.3 is 4.74 Å². The number of hydrogen-bond acceptors (Lipinski definition) is 5. The van der Waals surface area contributed by atoms with E-state index in [0.29, 0.717) is 11.1 Å². The van der Waals surface area contributed by atoms with E-state index in [-0.39, 0.29) is 12.2 Å². The average molecular weight is 427 g/mol. The highest BCUT2D eigenvalue weighted by Crippen LogP contribution is 2.24. The van der Waals surface area contributed by atoms with Crippen LogP contribution in [0.15, 0.2) is 77.7 Å². The summed E-state index contributed by atoms with van der Waals surface area (Å²) < 4.78 is 53.1. The van der Waals surface area contributed by atoms with Gasteiger partial charge in [0.1, 0.15) is 6.61 Å². The molecule has 8 heteroatoms. The lowest BCUT2D eigenvalue weighted by molar-refractivity contribution is 0.0472. The molecule has 30 heavy (non-hydrogen) atoms. The molecule has 0 N–H and O–H groups in total. The zero-order valence-corrected chi connectivity index (χ0v) is 16.3. The molecular formula is C22H15F2NO4S. The molecule has 0 atom stereocenters. The van der Waals surface area contributed by atoms with E-state index in [1.54, 1.807) is 24.3 Å². The molecule has 0 aliphatic rings. The second kappa shape index (κ2) is 8.84. The number of carbonyl (C=O) groups is 1. The molecule has 0 fully saturated rings. The molecule has 5 nitrogen and oxygen atoms in total. The Morgan fingerprint density at radius 3 is 2.20 bits per heavy atom. The lowest BCUT2D eigenvalue weighted by atomic mass is 9.99. The van der Waals surface area contributed by atoms with Crippen molar-refractivity contribution >= 4 is 15.8 Å². The van der Waals surface area contributed by atoms with Crippen molar-refractivity contribution in [3.05, 3.63) is 89.5 Å². The SMILES string of the molecule is N#Cc1ccccc1-c1ccc(COC(=O)c2ccc(S(=O)(=O)C(F)F)cc2)cc1. The molecule has 0 aliphatic carbocycles. The topological polar surface area (TPSA) is 84.2 Å². The summed E-state index contributed by atoms with van der Waals surface area (Å²) in [7, 11) is -4.71. The number of hydrogen-bond donors (Lipinski definition) is 0. The molecule has 152 valence electrons. The Morgan fingerprint density at radius 2 is 1.60 bits per heavy atom. The van der Waals surface area contributed by atoms with Gasteiger partial charge in [-0.2, -0.15) is 14.0 Å². The van der Waals surface area contributed by atoms with Crippen LogP contribution in [0.4, 0.5) is 8.78 Å². The van der Waals surface area contributed by atoms with Crippen molar-refractivity contribution in [3.8, 4) is 17.2 Å². The number of benzene rings is 3. The largest absolute Gasteiger partial charge is 0.457 e. The van der Waals surface area contributed by atoms with E-state index in [1.165, 1.54) is 0 Å². The first-order valence-corrected chi connectivity index (χ1v) is 10.3. The zero-order chi connectivity index (χ0) is 21.7. The maximum absolute atomic E-state index is 12.5. The summed E-state index contributed by atoms with van der Waals surface area (Å²) in [6.45, 7) is -0.0317. The first kappa shape index (κ1) is 21.1. The third-order valence-corrected chi connectivity index (χ3v) is 5.73. The first-order chi connectivity index (χ1) is 14.3. The van der Waals surface area contributed by atoms with Crippen molar-refractivity contribution < 1.29 is 26.7 Å². The van der Waals surface area contributed by atoms with Crippen LogP contribution >= 0.6 is 0 Å². The molecule has 0 spiro atoms. The van der Waals surface area contributed by atoms with Gasteiger partial charge in [-0.1, -0.05) is 42.5 Å². The van der Waals surface area contributed by atoms with Crippen LogP contribution in [-0.2, 0) is 21.2 Å². The van der Waals surface area contributed by atoms with Crippen LogP contribution in [0.1, 0.15) is 21.5 Å². The van der Waals surface area contributed by atoms with Gasteiger partial charge in [0, 0.05) is 0 Å². The third kappa shape index (κ3) is 4.53. The van der Waals surface area contributed by atoms with Crippen molar-refractivity contribution in [1.82, 2.24) is 0 Å². The van der Waals surface area contributed by atoms with Crippen LogP contribution in [0.2, 0.25) is 0 Å². The van der Waals surface area contributed by atoms with Crippen LogP contribution in [0.5, 0.6) is 0 Å². The Balaban J connectivity index is 1.66. The maximum Gasteiger partial charge on any atom is 0.341 e. The molecule has 3 aromatic rings. The Labute approximate surface area is 172 Å². The van der Waals surface area contributed by atoms with E-state index >= 15 is 0 Å². The number of alkyl halides is 2. The van der Waals surface area contributed by atoms with Gasteiger partial charge in [0.25, 0.3) is 0 Å². The molecule has 0 saturated carbocycles. The highest BCUT2D eigenvalue weighted by Gasteiger charge is 2.26. The van der Waals surface area contributed by atoms with Crippen molar-refractivity contribution in [2.24, 2.45) is 0 Å². The molecule has 0 radical (unpaired) electrons. The number of nitrogens with zero attached hydrogens (tertiary/aromatic N) is 1. The molecule has 0 aromatic heterocycles. The molecule has 0 heterocycles. The molecule has 0 unspecified atom stereocenters. The Bertz CT molecular complexity index is 1200. The van der Waals surface area contributed by atoms with Crippen LogP contribution in [-0.4, -0.2) is 20.1 Å². The maximum atomic E-state index is 12.5. The van der Waals surface area contributed by atoms with E-state index in [0.717, 1.165) is 35.4 Å². The number of halogens is 2. The minimum absolute atomic E-state index is 0.0317. The first-order valence-electron chi connectivity index (χ1n) is 8.70. The number of carbonyl (C=O) groups excluding carboxylic acids is 1. The van der Waals surface area contributed by atoms with E-state index < -0.39 is 26.5 Å². The van der Waals surface area contributed by atoms with E-state index in [2.05, 4.69) is 6.07 Å². The molecule has 0 aliphatic heterocycles. The normalized spacial score (nSPS) is 11.1. The van der Waals surface area contributed by atoms with Gasteiger partial charge in [-0.3, -0.25) is 0 Å². The Kier molecular flexibility index (Phi) is 6.23. The lowest BCUT2D eigenvalue weighted by Crippen LogP contribution is -2.12. The Hall–Kier alpha value is -3.57. The van der Waals surface area contributed by atoms with Gasteiger partial charge in [0.15, 0.2) is 0 Å². The summed E-state index contributed by atoms with van der Waals surface area (Å²) in [5, 5.41) is 9.20. The highest BCUT2D eigenvalue weighted by molar-refractivity contribution is 7.91. The third-order valence-electron chi connectivity index (χ3n) is 4.34. The molecule has 3 rings (SSSR count). The van der Waals surface area contributed by atoms with Gasteiger partial charge in [0.05, 0.1) is 22.1 Å². The number of rotatable bonds is 6. The monoisotopic (exact) mass is 427 g/mol. The van der Waals surface area contributed by atoms with Gasteiger partial charge in [-0.25, -0.2) is 13.2 Å². The summed E-state index contributed by atoms with van der Waals surface area (Å²) in [6.07, 6.45) is 0. The summed E-state index contributed by atoms with van der Waals surface area (Å²) >= 11 is 0. The fraction of sp³-hybridized carbons (Fsp3) is 0.0909. The smallest absolute Gasteiger partial charge is 0.341 e. The van der Waals surface area contributed by atoms with E-state index in [1.807, 2.05) is 24.3 Å². The molecule has 0 saturated heterocycles. The second-order valence-corrected chi connectivity index (χ2v) is 8.18. The number of esters is 1. The van der Waals surface area contributed by atoms with Gasteiger partial charge >= 0.3 is 11.7 Å². The predicted molar refractivity (Wildman–Crippen MR) is 105 cm³/mol. The van der Waals surface area contributed by atoms with Crippen LogP contribution < -0.4 is 0 Å². The summed E-state index contributed by atoms with van der Waals surface area (Å²) in [5.74, 6) is -4.24. The van der Waals surface area contributed by atoms with Gasteiger partial charge in [-0.15, -0.1) is 0 Å². The lowest BCUT2D eigenvalue weighted by Gasteiger charge is -2.08. The van der Waals surface area contributed by atoms with Crippen molar-refractivity contribution in [3.63, 3.8) is 0 Å². The quantitative estimate of drug-likeness (QED) is 0.538. The van der Waals surface area contributed by atoms with Gasteiger partial charge in [-0.05, 0) is 47.0 Å². The fourth-order valence-corrected chi connectivity index (χ4v) is 3.45. The zero-order valence-electron chi connectivity index (χ0n) is 15.5. The van der Waals surface area contributed by atoms with E-state index in [4.69, 9.17) is 4.74 Å². The van der Waals surface area contributed by atoms with Crippen LogP contribution in [0, 0.1) is 11.3 Å². The standard InChI is InChI=1S/C22H15F2NO4S/c23-22(24)30(27,28)19-11-9-17(10-12-19)21(26)29-14-15-5-7-16(8-6-15)20-4-2-1-3-18(20)13-25/h1-12,22H,14H2. The van der Waals surface area contributed by atoms with Crippen molar-refractivity contribution in [2.45, 2.75) is 17.3 Å². The fourth-order valence-electron chi connectivity index (χ4n) is 2.73. The van der Waals surface area contributed by atoms with Crippen molar-refractivity contribution in [2.75, 3.05) is 0 Å². The minimum Gasteiger partial charge on any atom is -0.457 e. The molecule has 0 amide bonds. The number of ether oxygens (including phenoxy) is 1. The Morgan fingerprint density at radius 1 is 0.967 bits per heavy atom. The summed E-state index contributed by atoms with van der Waals surface area (Å²) in [4.78, 5) is 11.6. The second-order valence-electron chi connectivity index (χ2n) is 6.26. The number of sulfone groups is 1. The predicted octanol–water partition coefficient (Wildman–Crippen LogP) is 4.58. The molecule has 3 aromatic carbocycles.